The predicted molar refractivity (Wildman–Crippen MR) is 88.1 cm³/mol. The summed E-state index contributed by atoms with van der Waals surface area (Å²) in [7, 11) is 0. The Labute approximate surface area is 135 Å². The molecular weight excluding hydrogens is 344 g/mol. The molecule has 1 aromatic heterocycles. The Morgan fingerprint density at radius 1 is 1.14 bits per heavy atom. The quantitative estimate of drug-likeness (QED) is 0.634. The van der Waals surface area contributed by atoms with E-state index < -0.39 is 6.10 Å². The molecule has 3 aromatic rings. The van der Waals surface area contributed by atoms with Gasteiger partial charge in [-0.05, 0) is 46.1 Å². The number of aryl methyl sites for hydroxylation is 1. The molecule has 1 heterocycles. The zero-order valence-corrected chi connectivity index (χ0v) is 13.7. The van der Waals surface area contributed by atoms with Crippen LogP contribution in [0.3, 0.4) is 0 Å². The molecule has 2 aromatic carbocycles. The summed E-state index contributed by atoms with van der Waals surface area (Å²) < 4.78 is 6.28. The lowest BCUT2D eigenvalue weighted by Crippen LogP contribution is -2.19. The van der Waals surface area contributed by atoms with Gasteiger partial charge in [0.2, 0.25) is 0 Å². The van der Waals surface area contributed by atoms with Crippen molar-refractivity contribution in [2.24, 2.45) is 0 Å². The standard InChI is InChI=1S/C18H13BrO3/c1-8-4-3-5-11-10(8)6-7-12-14(11)16(21)15(20)13-9(2)18(19)22-17(12)13/h3-7,16,21H,1-2H3. The number of furan rings is 1. The number of carbonyl (C=O) groups excluding carboxylic acids is 1. The smallest absolute Gasteiger partial charge is 0.200 e. The molecule has 1 aliphatic carbocycles. The Balaban J connectivity index is 2.17. The van der Waals surface area contributed by atoms with E-state index in [4.69, 9.17) is 4.42 Å². The predicted octanol–water partition coefficient (Wildman–Crippen LogP) is 4.71. The first-order valence-corrected chi connectivity index (χ1v) is 7.83. The second kappa shape index (κ2) is 4.54. The zero-order chi connectivity index (χ0) is 15.6. The molecular formula is C18H13BrO3. The van der Waals surface area contributed by atoms with Gasteiger partial charge in [-0.15, -0.1) is 0 Å². The fraction of sp³-hybridized carbons (Fsp3) is 0.167. The van der Waals surface area contributed by atoms with Crippen LogP contribution in [0.2, 0.25) is 0 Å². The first-order valence-electron chi connectivity index (χ1n) is 7.04. The molecule has 3 nitrogen and oxygen atoms in total. The Hall–Kier alpha value is -1.91. The molecule has 1 atom stereocenters. The van der Waals surface area contributed by atoms with Gasteiger partial charge in [-0.2, -0.15) is 0 Å². The average Bonchev–Trinajstić information content (AvgIpc) is 2.80. The van der Waals surface area contributed by atoms with Crippen molar-refractivity contribution in [1.82, 2.24) is 0 Å². The monoisotopic (exact) mass is 356 g/mol. The van der Waals surface area contributed by atoms with Gasteiger partial charge >= 0.3 is 0 Å². The summed E-state index contributed by atoms with van der Waals surface area (Å²) in [6.07, 6.45) is -1.16. The second-order valence-corrected chi connectivity index (χ2v) is 6.39. The number of ketones is 1. The van der Waals surface area contributed by atoms with Crippen LogP contribution in [-0.4, -0.2) is 10.9 Å². The van der Waals surface area contributed by atoms with E-state index in [9.17, 15) is 9.90 Å². The first-order chi connectivity index (χ1) is 10.5. The van der Waals surface area contributed by atoms with Crippen LogP contribution in [0.4, 0.5) is 0 Å². The number of aliphatic hydroxyl groups excluding tert-OH is 1. The van der Waals surface area contributed by atoms with Gasteiger partial charge in [0.1, 0.15) is 11.9 Å². The van der Waals surface area contributed by atoms with E-state index in [0.717, 1.165) is 27.5 Å². The Morgan fingerprint density at radius 2 is 1.91 bits per heavy atom. The number of fused-ring (bicyclic) bond motifs is 5. The number of halogens is 1. The van der Waals surface area contributed by atoms with Crippen molar-refractivity contribution in [1.29, 1.82) is 0 Å². The van der Waals surface area contributed by atoms with Gasteiger partial charge in [0.05, 0.1) is 5.56 Å². The molecule has 0 radical (unpaired) electrons. The van der Waals surface area contributed by atoms with E-state index in [1.807, 2.05) is 44.2 Å². The number of hydrogen-bond donors (Lipinski definition) is 1. The molecule has 1 aliphatic rings. The zero-order valence-electron chi connectivity index (χ0n) is 12.1. The summed E-state index contributed by atoms with van der Waals surface area (Å²) in [5.41, 5.74) is 3.74. The minimum Gasteiger partial charge on any atom is -0.448 e. The molecule has 110 valence electrons. The van der Waals surface area contributed by atoms with E-state index in [-0.39, 0.29) is 5.78 Å². The molecule has 0 aliphatic heterocycles. The van der Waals surface area contributed by atoms with Crippen LogP contribution >= 0.6 is 15.9 Å². The molecule has 0 saturated carbocycles. The summed E-state index contributed by atoms with van der Waals surface area (Å²) >= 11 is 3.34. The molecule has 4 heteroatoms. The molecule has 0 fully saturated rings. The number of Topliss-reactive ketones (excluding diaryl/α,β-unsaturated/α-hetero) is 1. The summed E-state index contributed by atoms with van der Waals surface area (Å²) in [5.74, 6) is 0.238. The molecule has 0 spiro atoms. The topological polar surface area (TPSA) is 50.4 Å². The Kier molecular flexibility index (Phi) is 2.83. The fourth-order valence-electron chi connectivity index (χ4n) is 3.27. The van der Waals surface area contributed by atoms with E-state index in [1.165, 1.54) is 0 Å². The molecule has 4 rings (SSSR count). The van der Waals surface area contributed by atoms with Crippen LogP contribution in [0, 0.1) is 13.8 Å². The maximum atomic E-state index is 12.6. The number of benzene rings is 2. The van der Waals surface area contributed by atoms with Crippen molar-refractivity contribution in [2.75, 3.05) is 0 Å². The fourth-order valence-corrected chi connectivity index (χ4v) is 3.63. The van der Waals surface area contributed by atoms with Crippen LogP contribution in [-0.2, 0) is 0 Å². The molecule has 22 heavy (non-hydrogen) atoms. The lowest BCUT2D eigenvalue weighted by molar-refractivity contribution is 0.0744. The second-order valence-electron chi connectivity index (χ2n) is 5.67. The van der Waals surface area contributed by atoms with E-state index in [2.05, 4.69) is 15.9 Å². The van der Waals surface area contributed by atoms with Crippen molar-refractivity contribution in [3.8, 4) is 11.3 Å². The summed E-state index contributed by atoms with van der Waals surface area (Å²) in [6.45, 7) is 3.83. The highest BCUT2D eigenvalue weighted by molar-refractivity contribution is 9.10. The lowest BCUT2D eigenvalue weighted by atomic mass is 9.83. The minimum absolute atomic E-state index is 0.302. The maximum Gasteiger partial charge on any atom is 0.200 e. The summed E-state index contributed by atoms with van der Waals surface area (Å²) in [6, 6.07) is 9.84. The van der Waals surface area contributed by atoms with Crippen molar-refractivity contribution in [3.05, 3.63) is 57.3 Å². The van der Waals surface area contributed by atoms with Gasteiger partial charge in [-0.3, -0.25) is 4.79 Å². The van der Waals surface area contributed by atoms with E-state index in [1.54, 1.807) is 0 Å². The number of aliphatic hydroxyl groups is 1. The summed E-state index contributed by atoms with van der Waals surface area (Å²) in [5, 5.41) is 12.5. The SMILES string of the molecule is Cc1c(Br)oc2c1C(=O)C(O)c1c-2ccc2c(C)cccc12. The minimum atomic E-state index is -1.16. The number of rotatable bonds is 0. The van der Waals surface area contributed by atoms with Gasteiger partial charge in [0, 0.05) is 16.7 Å². The van der Waals surface area contributed by atoms with Gasteiger partial charge in [0.25, 0.3) is 0 Å². The average molecular weight is 357 g/mol. The number of hydrogen-bond acceptors (Lipinski definition) is 3. The van der Waals surface area contributed by atoms with Gasteiger partial charge in [0.15, 0.2) is 10.5 Å². The van der Waals surface area contributed by atoms with Crippen LogP contribution in [0.1, 0.15) is 33.2 Å². The number of carbonyl (C=O) groups is 1. The van der Waals surface area contributed by atoms with Crippen molar-refractivity contribution >= 4 is 32.5 Å². The molecule has 0 amide bonds. The highest BCUT2D eigenvalue weighted by Gasteiger charge is 2.37. The van der Waals surface area contributed by atoms with Crippen molar-refractivity contribution in [2.45, 2.75) is 20.0 Å². The van der Waals surface area contributed by atoms with Gasteiger partial charge in [-0.25, -0.2) is 0 Å². The largest absolute Gasteiger partial charge is 0.448 e. The van der Waals surface area contributed by atoms with Crippen LogP contribution in [0.25, 0.3) is 22.1 Å². The highest BCUT2D eigenvalue weighted by Crippen LogP contribution is 2.46. The summed E-state index contributed by atoms with van der Waals surface area (Å²) in [4.78, 5) is 12.6. The Bertz CT molecular complexity index is 953. The normalized spacial score (nSPS) is 16.7. The highest BCUT2D eigenvalue weighted by atomic mass is 79.9. The lowest BCUT2D eigenvalue weighted by Gasteiger charge is -2.22. The van der Waals surface area contributed by atoms with Crippen molar-refractivity contribution < 1.29 is 14.3 Å². The Morgan fingerprint density at radius 3 is 2.68 bits per heavy atom. The van der Waals surface area contributed by atoms with Crippen LogP contribution in [0.5, 0.6) is 0 Å². The third-order valence-corrected chi connectivity index (χ3v) is 5.18. The third-order valence-electron chi connectivity index (χ3n) is 4.42. The molecule has 1 N–H and O–H groups in total. The maximum absolute atomic E-state index is 12.6. The molecule has 0 bridgehead atoms. The van der Waals surface area contributed by atoms with Crippen LogP contribution in [0.15, 0.2) is 39.4 Å². The first kappa shape index (κ1) is 13.7. The van der Waals surface area contributed by atoms with E-state index >= 15 is 0 Å². The molecule has 1 unspecified atom stereocenters. The third kappa shape index (κ3) is 1.62. The molecule has 0 saturated heterocycles. The van der Waals surface area contributed by atoms with Crippen LogP contribution < -0.4 is 0 Å². The van der Waals surface area contributed by atoms with Crippen molar-refractivity contribution in [3.63, 3.8) is 0 Å². The van der Waals surface area contributed by atoms with Gasteiger partial charge in [-0.1, -0.05) is 30.3 Å². The van der Waals surface area contributed by atoms with Gasteiger partial charge < -0.3 is 9.52 Å². The van der Waals surface area contributed by atoms with E-state index in [0.29, 0.717) is 21.6 Å².